The number of hydroxylamine groups is 1. The average Bonchev–Trinajstić information content (AvgIpc) is 2.92. The molecule has 1 atom stereocenters. The lowest BCUT2D eigenvalue weighted by Crippen LogP contribution is -2.51. The number of amides is 2. The van der Waals surface area contributed by atoms with Crippen molar-refractivity contribution in [2.75, 3.05) is 26.7 Å². The minimum absolute atomic E-state index is 0.0533. The fourth-order valence-corrected chi connectivity index (χ4v) is 6.83. The van der Waals surface area contributed by atoms with Gasteiger partial charge in [0.15, 0.2) is 0 Å². The molecule has 1 aliphatic carbocycles. The molecule has 1 saturated heterocycles. The highest BCUT2D eigenvalue weighted by Gasteiger charge is 2.38. The van der Waals surface area contributed by atoms with Crippen LogP contribution in [0.25, 0.3) is 0 Å². The van der Waals surface area contributed by atoms with Gasteiger partial charge in [-0.1, -0.05) is 32.1 Å². The van der Waals surface area contributed by atoms with Crippen molar-refractivity contribution in [3.63, 3.8) is 0 Å². The molecule has 0 aromatic heterocycles. The summed E-state index contributed by atoms with van der Waals surface area (Å²) in [7, 11) is -2.76. The number of hydrogen-bond donors (Lipinski definition) is 3. The minimum Gasteiger partial charge on any atom is -0.497 e. The Kier molecular flexibility index (Phi) is 10.3. The van der Waals surface area contributed by atoms with Crippen LogP contribution in [-0.2, 0) is 24.4 Å². The molecular formula is C25H37N3O8S. The molecule has 1 aromatic rings. The van der Waals surface area contributed by atoms with Crippen LogP contribution in [0.5, 0.6) is 5.75 Å². The van der Waals surface area contributed by atoms with Gasteiger partial charge in [0.1, 0.15) is 11.8 Å². The van der Waals surface area contributed by atoms with Crippen molar-refractivity contribution in [2.24, 2.45) is 11.8 Å². The number of nitrogens with zero attached hydrogens (tertiary/aromatic N) is 2. The fourth-order valence-electron chi connectivity index (χ4n) is 5.23. The predicted octanol–water partition coefficient (Wildman–Crippen LogP) is 2.24. The largest absolute Gasteiger partial charge is 0.497 e. The van der Waals surface area contributed by atoms with Gasteiger partial charge in [-0.3, -0.25) is 19.6 Å². The molecule has 11 nitrogen and oxygen atoms in total. The van der Waals surface area contributed by atoms with Gasteiger partial charge in [-0.15, -0.1) is 0 Å². The third-order valence-electron chi connectivity index (χ3n) is 7.45. The van der Waals surface area contributed by atoms with Crippen LogP contribution >= 0.6 is 0 Å². The Bertz CT molecular complexity index is 1030. The molecule has 1 aromatic carbocycles. The number of aliphatic carboxylic acids is 1. The van der Waals surface area contributed by atoms with E-state index < -0.39 is 33.9 Å². The molecule has 1 saturated carbocycles. The number of nitrogens with one attached hydrogen (secondary N) is 1. The van der Waals surface area contributed by atoms with Crippen molar-refractivity contribution in [1.29, 1.82) is 0 Å². The Balaban J connectivity index is 1.84. The van der Waals surface area contributed by atoms with E-state index in [2.05, 4.69) is 0 Å². The van der Waals surface area contributed by atoms with Gasteiger partial charge >= 0.3 is 5.97 Å². The predicted molar refractivity (Wildman–Crippen MR) is 133 cm³/mol. The Morgan fingerprint density at radius 3 is 2.24 bits per heavy atom. The van der Waals surface area contributed by atoms with Gasteiger partial charge < -0.3 is 14.7 Å². The fraction of sp³-hybridized carbons (Fsp3) is 0.640. The third kappa shape index (κ3) is 7.42. The number of methoxy groups -OCH3 is 1. The number of sulfonamides is 1. The number of ether oxygens (including phenoxy) is 1. The first-order valence-electron chi connectivity index (χ1n) is 12.8. The van der Waals surface area contributed by atoms with Crippen LogP contribution in [0.15, 0.2) is 29.2 Å². The molecule has 0 bridgehead atoms. The summed E-state index contributed by atoms with van der Waals surface area (Å²) in [5.74, 6) is -1.93. The van der Waals surface area contributed by atoms with E-state index in [9.17, 15) is 33.1 Å². The molecule has 2 fully saturated rings. The molecule has 206 valence electrons. The van der Waals surface area contributed by atoms with Crippen molar-refractivity contribution in [2.45, 2.75) is 68.7 Å². The second kappa shape index (κ2) is 13.2. The van der Waals surface area contributed by atoms with Crippen LogP contribution in [-0.4, -0.2) is 78.5 Å². The van der Waals surface area contributed by atoms with E-state index in [4.69, 9.17) is 4.74 Å². The SMILES string of the molecule is COc1ccc(S(=O)(=O)N(CCC(=O)N2CCC(C(=O)O)CC2)C(CC2CCCCC2)C(=O)NO)cc1. The van der Waals surface area contributed by atoms with Crippen molar-refractivity contribution in [3.05, 3.63) is 24.3 Å². The number of carboxylic acid groups (broad SMARTS) is 1. The van der Waals surface area contributed by atoms with E-state index in [1.807, 2.05) is 0 Å². The molecular weight excluding hydrogens is 502 g/mol. The van der Waals surface area contributed by atoms with Gasteiger partial charge in [0, 0.05) is 26.1 Å². The summed E-state index contributed by atoms with van der Waals surface area (Å²) in [6, 6.07) is 4.59. The molecule has 3 rings (SSSR count). The lowest BCUT2D eigenvalue weighted by atomic mass is 9.84. The summed E-state index contributed by atoms with van der Waals surface area (Å²) < 4.78 is 33.7. The average molecular weight is 540 g/mol. The number of rotatable bonds is 11. The second-order valence-corrected chi connectivity index (χ2v) is 11.7. The standard InChI is InChI=1S/C25H37N3O8S/c1-36-20-7-9-21(10-8-20)37(34,35)28(22(24(30)26-33)17-18-5-3-2-4-6-18)16-13-23(29)27-14-11-19(12-15-27)25(31)32/h7-10,18-19,22,33H,2-6,11-17H2,1H3,(H,26,30)(H,31,32). The summed E-state index contributed by atoms with van der Waals surface area (Å²) >= 11 is 0. The Labute approximate surface area is 217 Å². The van der Waals surface area contributed by atoms with Crippen LogP contribution in [0, 0.1) is 11.8 Å². The van der Waals surface area contributed by atoms with Gasteiger partial charge in [-0.05, 0) is 49.4 Å². The zero-order valence-corrected chi connectivity index (χ0v) is 22.0. The Hall–Kier alpha value is -2.70. The minimum atomic E-state index is -4.22. The van der Waals surface area contributed by atoms with Gasteiger partial charge in [0.2, 0.25) is 15.9 Å². The monoisotopic (exact) mass is 539 g/mol. The first-order valence-corrected chi connectivity index (χ1v) is 14.2. The van der Waals surface area contributed by atoms with Crippen molar-refractivity contribution in [3.8, 4) is 5.75 Å². The number of likely N-dealkylation sites (tertiary alicyclic amines) is 1. The first-order chi connectivity index (χ1) is 17.7. The summed E-state index contributed by atoms with van der Waals surface area (Å²) in [6.45, 7) is 0.310. The number of piperidine rings is 1. The van der Waals surface area contributed by atoms with Gasteiger partial charge in [-0.2, -0.15) is 4.31 Å². The number of carbonyl (C=O) groups is 3. The van der Waals surface area contributed by atoms with Gasteiger partial charge in [0.25, 0.3) is 5.91 Å². The maximum absolute atomic E-state index is 13.8. The molecule has 1 heterocycles. The number of hydrogen-bond acceptors (Lipinski definition) is 7. The Morgan fingerprint density at radius 2 is 1.70 bits per heavy atom. The van der Waals surface area contributed by atoms with Crippen LogP contribution < -0.4 is 10.2 Å². The maximum atomic E-state index is 13.8. The van der Waals surface area contributed by atoms with Gasteiger partial charge in [0.05, 0.1) is 17.9 Å². The lowest BCUT2D eigenvalue weighted by Gasteiger charge is -2.34. The van der Waals surface area contributed by atoms with Gasteiger partial charge in [-0.25, -0.2) is 13.9 Å². The molecule has 37 heavy (non-hydrogen) atoms. The Morgan fingerprint density at radius 1 is 1.08 bits per heavy atom. The zero-order valence-electron chi connectivity index (χ0n) is 21.2. The molecule has 1 unspecified atom stereocenters. The van der Waals surface area contributed by atoms with Crippen molar-refractivity contribution < 1.29 is 37.9 Å². The number of benzene rings is 1. The van der Waals surface area contributed by atoms with Crippen molar-refractivity contribution >= 4 is 27.8 Å². The van der Waals surface area contributed by atoms with E-state index in [1.165, 1.54) is 31.4 Å². The molecule has 2 aliphatic rings. The van der Waals surface area contributed by atoms with E-state index in [1.54, 1.807) is 10.4 Å². The van der Waals surface area contributed by atoms with Crippen LogP contribution in [0.3, 0.4) is 0 Å². The number of carbonyl (C=O) groups excluding carboxylic acids is 2. The molecule has 3 N–H and O–H groups in total. The molecule has 1 aliphatic heterocycles. The smallest absolute Gasteiger partial charge is 0.306 e. The van der Waals surface area contributed by atoms with Crippen LogP contribution in [0.1, 0.15) is 57.8 Å². The number of carboxylic acids is 1. The van der Waals surface area contributed by atoms with E-state index >= 15 is 0 Å². The molecule has 2 amide bonds. The maximum Gasteiger partial charge on any atom is 0.306 e. The van der Waals surface area contributed by atoms with E-state index in [0.29, 0.717) is 18.6 Å². The highest BCUT2D eigenvalue weighted by atomic mass is 32.2. The topological polar surface area (TPSA) is 154 Å². The third-order valence-corrected chi connectivity index (χ3v) is 9.37. The summed E-state index contributed by atoms with van der Waals surface area (Å²) in [5, 5.41) is 18.7. The summed E-state index contributed by atoms with van der Waals surface area (Å²) in [5.41, 5.74) is 1.63. The molecule has 0 radical (unpaired) electrons. The van der Waals surface area contributed by atoms with Crippen LogP contribution in [0.4, 0.5) is 0 Å². The highest BCUT2D eigenvalue weighted by Crippen LogP contribution is 2.31. The second-order valence-electron chi connectivity index (χ2n) is 9.77. The zero-order chi connectivity index (χ0) is 27.0. The van der Waals surface area contributed by atoms with Crippen molar-refractivity contribution in [1.82, 2.24) is 14.7 Å². The van der Waals surface area contributed by atoms with E-state index in [0.717, 1.165) is 36.4 Å². The van der Waals surface area contributed by atoms with E-state index in [-0.39, 0.29) is 49.2 Å². The molecule has 0 spiro atoms. The summed E-state index contributed by atoms with van der Waals surface area (Å²) in [4.78, 5) is 38.5. The summed E-state index contributed by atoms with van der Waals surface area (Å²) in [6.07, 6.45) is 5.55. The molecule has 12 heteroatoms. The van der Waals surface area contributed by atoms with Crippen LogP contribution in [0.2, 0.25) is 0 Å². The lowest BCUT2D eigenvalue weighted by molar-refractivity contribution is -0.145. The quantitative estimate of drug-likeness (QED) is 0.286. The normalized spacial score (nSPS) is 18.4. The first kappa shape index (κ1) is 28.9. The highest BCUT2D eigenvalue weighted by molar-refractivity contribution is 7.89.